The molecule has 0 aliphatic carbocycles. The number of methoxy groups -OCH3 is 3. The van der Waals surface area contributed by atoms with E-state index in [1.807, 2.05) is 31.2 Å². The molecule has 0 radical (unpaired) electrons. The molecule has 7 heteroatoms. The van der Waals surface area contributed by atoms with Gasteiger partial charge < -0.3 is 24.4 Å². The lowest BCUT2D eigenvalue weighted by Gasteiger charge is -2.21. The van der Waals surface area contributed by atoms with Crippen molar-refractivity contribution in [3.05, 3.63) is 60.2 Å². The summed E-state index contributed by atoms with van der Waals surface area (Å²) in [5.41, 5.74) is 1.65. The molecule has 2 atom stereocenters. The van der Waals surface area contributed by atoms with Crippen LogP contribution in [-0.2, 0) is 9.59 Å². The first-order valence-electron chi connectivity index (χ1n) is 10.8. The van der Waals surface area contributed by atoms with Crippen LogP contribution in [0.5, 0.6) is 17.2 Å². The molecule has 1 fully saturated rings. The van der Waals surface area contributed by atoms with Gasteiger partial charge in [-0.05, 0) is 23.3 Å². The second-order valence-electron chi connectivity index (χ2n) is 8.09. The smallest absolute Gasteiger partial charge is 0.227 e. The van der Waals surface area contributed by atoms with Gasteiger partial charge >= 0.3 is 0 Å². The Morgan fingerprint density at radius 1 is 1.00 bits per heavy atom. The van der Waals surface area contributed by atoms with Crippen LogP contribution in [0.3, 0.4) is 0 Å². The summed E-state index contributed by atoms with van der Waals surface area (Å²) < 4.78 is 16.2. The Bertz CT molecular complexity index is 1160. The van der Waals surface area contributed by atoms with Gasteiger partial charge in [0.2, 0.25) is 17.6 Å². The number of hydrogen-bond acceptors (Lipinski definition) is 5. The van der Waals surface area contributed by atoms with E-state index in [1.165, 1.54) is 21.3 Å². The third-order valence-electron chi connectivity index (χ3n) is 6.11. The average molecular weight is 449 g/mol. The van der Waals surface area contributed by atoms with E-state index < -0.39 is 5.92 Å². The Morgan fingerprint density at radius 3 is 2.33 bits per heavy atom. The number of rotatable bonds is 7. The van der Waals surface area contributed by atoms with Gasteiger partial charge in [0.05, 0.1) is 39.0 Å². The molecule has 7 nitrogen and oxygen atoms in total. The fraction of sp³-hybridized carbons (Fsp3) is 0.308. The first-order valence-corrected chi connectivity index (χ1v) is 10.8. The van der Waals surface area contributed by atoms with Gasteiger partial charge in [0.25, 0.3) is 0 Å². The number of fused-ring (bicyclic) bond motifs is 1. The maximum atomic E-state index is 13.1. The van der Waals surface area contributed by atoms with E-state index in [2.05, 4.69) is 23.5 Å². The van der Waals surface area contributed by atoms with Crippen molar-refractivity contribution >= 4 is 28.3 Å². The van der Waals surface area contributed by atoms with Crippen LogP contribution < -0.4 is 24.4 Å². The van der Waals surface area contributed by atoms with Crippen LogP contribution in [0.2, 0.25) is 0 Å². The van der Waals surface area contributed by atoms with Crippen molar-refractivity contribution in [2.45, 2.75) is 19.4 Å². The number of carbonyl (C=O) groups is 2. The zero-order valence-electron chi connectivity index (χ0n) is 19.3. The molecule has 172 valence electrons. The third kappa shape index (κ3) is 4.31. The average Bonchev–Trinajstić information content (AvgIpc) is 3.24. The Hall–Kier alpha value is -3.74. The van der Waals surface area contributed by atoms with E-state index in [4.69, 9.17) is 14.2 Å². The molecule has 1 heterocycles. The number of benzene rings is 3. The second kappa shape index (κ2) is 9.40. The van der Waals surface area contributed by atoms with Gasteiger partial charge in [0.15, 0.2) is 11.5 Å². The molecule has 0 bridgehead atoms. The third-order valence-corrected chi connectivity index (χ3v) is 6.11. The minimum absolute atomic E-state index is 0.123. The minimum Gasteiger partial charge on any atom is -0.493 e. The highest BCUT2D eigenvalue weighted by molar-refractivity contribution is 6.01. The monoisotopic (exact) mass is 448 g/mol. The lowest BCUT2D eigenvalue weighted by Crippen LogP contribution is -2.34. The van der Waals surface area contributed by atoms with Crippen molar-refractivity contribution in [1.29, 1.82) is 0 Å². The van der Waals surface area contributed by atoms with E-state index in [-0.39, 0.29) is 30.8 Å². The minimum atomic E-state index is -0.450. The van der Waals surface area contributed by atoms with Crippen molar-refractivity contribution < 1.29 is 23.8 Å². The van der Waals surface area contributed by atoms with E-state index in [9.17, 15) is 9.59 Å². The second-order valence-corrected chi connectivity index (χ2v) is 8.09. The van der Waals surface area contributed by atoms with Gasteiger partial charge in [-0.15, -0.1) is 0 Å². The number of nitrogens with zero attached hydrogens (tertiary/aromatic N) is 1. The maximum absolute atomic E-state index is 13.1. The van der Waals surface area contributed by atoms with Crippen LogP contribution in [0.4, 0.5) is 5.69 Å². The zero-order chi connectivity index (χ0) is 23.5. The SMILES string of the molecule is COc1cc(N2CC(C(=O)NC(C)c3cccc4ccccc34)CC2=O)cc(OC)c1OC. The van der Waals surface area contributed by atoms with Crippen LogP contribution in [-0.4, -0.2) is 39.7 Å². The van der Waals surface area contributed by atoms with E-state index in [0.717, 1.165) is 16.3 Å². The summed E-state index contributed by atoms with van der Waals surface area (Å²) in [6, 6.07) is 17.4. The summed E-state index contributed by atoms with van der Waals surface area (Å²) >= 11 is 0. The molecule has 1 aliphatic heterocycles. The van der Waals surface area contributed by atoms with Crippen molar-refractivity contribution in [1.82, 2.24) is 5.32 Å². The molecule has 0 spiro atoms. The topological polar surface area (TPSA) is 77.1 Å². The first-order chi connectivity index (χ1) is 16.0. The molecular weight excluding hydrogens is 420 g/mol. The van der Waals surface area contributed by atoms with Gasteiger partial charge in [-0.3, -0.25) is 9.59 Å². The molecule has 4 rings (SSSR count). The molecule has 0 saturated carbocycles. The van der Waals surface area contributed by atoms with Crippen LogP contribution in [0.1, 0.15) is 24.9 Å². The molecule has 2 amide bonds. The van der Waals surface area contributed by atoms with Crippen LogP contribution in [0.25, 0.3) is 10.8 Å². The summed E-state index contributed by atoms with van der Waals surface area (Å²) in [7, 11) is 4.58. The number of anilines is 1. The van der Waals surface area contributed by atoms with Crippen LogP contribution in [0, 0.1) is 5.92 Å². The zero-order valence-corrected chi connectivity index (χ0v) is 19.3. The molecule has 33 heavy (non-hydrogen) atoms. The number of hydrogen-bond donors (Lipinski definition) is 1. The molecule has 2 unspecified atom stereocenters. The van der Waals surface area contributed by atoms with Gasteiger partial charge in [-0.25, -0.2) is 0 Å². The molecular formula is C26H28N2O5. The van der Waals surface area contributed by atoms with Crippen LogP contribution >= 0.6 is 0 Å². The highest BCUT2D eigenvalue weighted by Crippen LogP contribution is 2.42. The van der Waals surface area contributed by atoms with Crippen molar-refractivity contribution in [3.8, 4) is 17.2 Å². The van der Waals surface area contributed by atoms with Crippen molar-refractivity contribution in [2.75, 3.05) is 32.8 Å². The molecule has 0 aromatic heterocycles. The lowest BCUT2D eigenvalue weighted by molar-refractivity contribution is -0.126. The van der Waals surface area contributed by atoms with E-state index >= 15 is 0 Å². The summed E-state index contributed by atoms with van der Waals surface area (Å²) in [4.78, 5) is 27.5. The predicted molar refractivity (Wildman–Crippen MR) is 127 cm³/mol. The Labute approximate surface area is 193 Å². The number of ether oxygens (including phenoxy) is 3. The maximum Gasteiger partial charge on any atom is 0.227 e. The Morgan fingerprint density at radius 2 is 1.67 bits per heavy atom. The summed E-state index contributed by atoms with van der Waals surface area (Å²) in [6.45, 7) is 2.25. The van der Waals surface area contributed by atoms with Crippen molar-refractivity contribution in [3.63, 3.8) is 0 Å². The fourth-order valence-electron chi connectivity index (χ4n) is 4.39. The fourth-order valence-corrected chi connectivity index (χ4v) is 4.39. The van der Waals surface area contributed by atoms with Gasteiger partial charge in [-0.1, -0.05) is 42.5 Å². The van der Waals surface area contributed by atoms with Crippen LogP contribution in [0.15, 0.2) is 54.6 Å². The lowest BCUT2D eigenvalue weighted by atomic mass is 9.99. The highest BCUT2D eigenvalue weighted by Gasteiger charge is 2.36. The van der Waals surface area contributed by atoms with E-state index in [1.54, 1.807) is 17.0 Å². The quantitative estimate of drug-likeness (QED) is 0.589. The largest absolute Gasteiger partial charge is 0.493 e. The van der Waals surface area contributed by atoms with E-state index in [0.29, 0.717) is 22.9 Å². The summed E-state index contributed by atoms with van der Waals surface area (Å²) in [5, 5.41) is 5.33. The highest BCUT2D eigenvalue weighted by atomic mass is 16.5. The number of carbonyl (C=O) groups excluding carboxylic acids is 2. The molecule has 3 aromatic rings. The van der Waals surface area contributed by atoms with Gasteiger partial charge in [-0.2, -0.15) is 0 Å². The standard InChI is InChI=1S/C26H28N2O5/c1-16(20-11-7-9-17-8-5-6-10-21(17)20)27-26(30)18-12-24(29)28(15-18)19-13-22(31-2)25(33-4)23(14-19)32-3/h5-11,13-14,16,18H,12,15H2,1-4H3,(H,27,30). The molecule has 3 aromatic carbocycles. The number of nitrogens with one attached hydrogen (secondary N) is 1. The Balaban J connectivity index is 1.52. The predicted octanol–water partition coefficient (Wildman–Crippen LogP) is 4.10. The molecule has 1 aliphatic rings. The summed E-state index contributed by atoms with van der Waals surface area (Å²) in [6.07, 6.45) is 0.144. The van der Waals surface area contributed by atoms with Crippen molar-refractivity contribution in [2.24, 2.45) is 5.92 Å². The van der Waals surface area contributed by atoms with Gasteiger partial charge in [0.1, 0.15) is 0 Å². The number of amides is 2. The molecule has 1 saturated heterocycles. The van der Waals surface area contributed by atoms with Gasteiger partial charge in [0, 0.05) is 25.1 Å². The first kappa shape index (κ1) is 22.5. The Kier molecular flexibility index (Phi) is 6.40. The normalized spacial score (nSPS) is 16.5. The molecule has 1 N–H and O–H groups in total. The summed E-state index contributed by atoms with van der Waals surface area (Å²) in [5.74, 6) is 0.651.